The zero-order valence-electron chi connectivity index (χ0n) is 8.72. The van der Waals surface area contributed by atoms with E-state index >= 15 is 0 Å². The molecule has 1 heteroatoms. The van der Waals surface area contributed by atoms with Gasteiger partial charge in [0.2, 0.25) is 0 Å². The molecule has 2 rings (SSSR count). The fourth-order valence-electron chi connectivity index (χ4n) is 1.89. The number of benzene rings is 1. The van der Waals surface area contributed by atoms with Crippen molar-refractivity contribution >= 4 is 11.8 Å². The number of nitrogens with one attached hydrogen (secondary N) is 1. The van der Waals surface area contributed by atoms with Gasteiger partial charge in [-0.25, -0.2) is 0 Å². The van der Waals surface area contributed by atoms with Crippen LogP contribution in [0.4, 0.5) is 0 Å². The maximum atomic E-state index is 4.06. The first kappa shape index (κ1) is 9.07. The van der Waals surface area contributed by atoms with E-state index in [1.165, 1.54) is 22.4 Å². The Balaban J connectivity index is 2.60. The summed E-state index contributed by atoms with van der Waals surface area (Å²) in [4.78, 5) is 0. The first-order valence-corrected chi connectivity index (χ1v) is 4.99. The maximum absolute atomic E-state index is 4.06. The van der Waals surface area contributed by atoms with Crippen LogP contribution in [-0.4, -0.2) is 0 Å². The Bertz CT molecular complexity index is 413. The molecule has 1 aromatic carbocycles. The van der Waals surface area contributed by atoms with Crippen LogP contribution in [0.25, 0.3) is 11.8 Å². The predicted octanol–water partition coefficient (Wildman–Crippen LogP) is 3.32. The van der Waals surface area contributed by atoms with Crippen molar-refractivity contribution in [3.8, 4) is 0 Å². The van der Waals surface area contributed by atoms with E-state index in [1.54, 1.807) is 0 Å². The monoisotopic (exact) mass is 185 g/mol. The molecule has 72 valence electrons. The van der Waals surface area contributed by atoms with E-state index in [9.17, 15) is 0 Å². The first-order chi connectivity index (χ1) is 6.72. The van der Waals surface area contributed by atoms with Crippen LogP contribution in [0.3, 0.4) is 0 Å². The standard InChI is InChI=1S/C13H15N/c1-4-12-8-11-7-5-6-9(2)13(11)10(3)14-12/h5-8,14H,3-4H2,1-2H3. The molecule has 0 aromatic heterocycles. The van der Waals surface area contributed by atoms with Gasteiger partial charge in [-0.3, -0.25) is 0 Å². The molecule has 0 atom stereocenters. The molecule has 0 aliphatic carbocycles. The third-order valence-electron chi connectivity index (χ3n) is 2.63. The van der Waals surface area contributed by atoms with Crippen LogP contribution in [0.5, 0.6) is 0 Å². The topological polar surface area (TPSA) is 12.0 Å². The zero-order valence-corrected chi connectivity index (χ0v) is 8.72. The molecule has 0 saturated heterocycles. The van der Waals surface area contributed by atoms with Gasteiger partial charge in [0.25, 0.3) is 0 Å². The minimum atomic E-state index is 1.02. The Morgan fingerprint density at radius 1 is 1.36 bits per heavy atom. The lowest BCUT2D eigenvalue weighted by molar-refractivity contribution is 0.960. The normalized spacial score (nSPS) is 14.4. The minimum Gasteiger partial charge on any atom is -0.359 e. The molecule has 1 heterocycles. The first-order valence-electron chi connectivity index (χ1n) is 4.99. The molecule has 1 aromatic rings. The van der Waals surface area contributed by atoms with Crippen molar-refractivity contribution in [3.63, 3.8) is 0 Å². The lowest BCUT2D eigenvalue weighted by Gasteiger charge is -2.21. The predicted molar refractivity (Wildman–Crippen MR) is 61.6 cm³/mol. The molecule has 0 amide bonds. The molecule has 0 bridgehead atoms. The van der Waals surface area contributed by atoms with Crippen LogP contribution in [-0.2, 0) is 0 Å². The van der Waals surface area contributed by atoms with E-state index in [-0.39, 0.29) is 0 Å². The summed E-state index contributed by atoms with van der Waals surface area (Å²) in [5, 5.41) is 3.33. The van der Waals surface area contributed by atoms with Gasteiger partial charge in [-0.15, -0.1) is 0 Å². The van der Waals surface area contributed by atoms with Crippen LogP contribution >= 0.6 is 0 Å². The van der Waals surface area contributed by atoms with Crippen LogP contribution in [0, 0.1) is 6.92 Å². The van der Waals surface area contributed by atoms with Crippen molar-refractivity contribution in [2.24, 2.45) is 0 Å². The van der Waals surface area contributed by atoms with Crippen LogP contribution < -0.4 is 5.32 Å². The summed E-state index contributed by atoms with van der Waals surface area (Å²) in [6.45, 7) is 8.33. The second kappa shape index (κ2) is 3.33. The number of aryl methyl sites for hydroxylation is 1. The Morgan fingerprint density at radius 2 is 2.14 bits per heavy atom. The van der Waals surface area contributed by atoms with E-state index in [1.807, 2.05) is 0 Å². The Labute approximate surface area is 85.2 Å². The molecular formula is C13H15N. The van der Waals surface area contributed by atoms with Crippen LogP contribution in [0.1, 0.15) is 30.0 Å². The summed E-state index contributed by atoms with van der Waals surface area (Å²) in [5.74, 6) is 0. The van der Waals surface area contributed by atoms with Gasteiger partial charge in [-0.05, 0) is 30.5 Å². The van der Waals surface area contributed by atoms with Crippen molar-refractivity contribution in [1.82, 2.24) is 5.32 Å². The van der Waals surface area contributed by atoms with Crippen molar-refractivity contribution < 1.29 is 0 Å². The summed E-state index contributed by atoms with van der Waals surface area (Å²) >= 11 is 0. The lowest BCUT2D eigenvalue weighted by Crippen LogP contribution is -2.16. The quantitative estimate of drug-likeness (QED) is 0.707. The highest BCUT2D eigenvalue weighted by atomic mass is 14.9. The van der Waals surface area contributed by atoms with Gasteiger partial charge in [-0.2, -0.15) is 0 Å². The fourth-order valence-corrected chi connectivity index (χ4v) is 1.89. The van der Waals surface area contributed by atoms with Crippen molar-refractivity contribution in [1.29, 1.82) is 0 Å². The second-order valence-electron chi connectivity index (χ2n) is 3.67. The van der Waals surface area contributed by atoms with Crippen molar-refractivity contribution in [2.45, 2.75) is 20.3 Å². The maximum Gasteiger partial charge on any atom is 0.0391 e. The number of fused-ring (bicyclic) bond motifs is 1. The highest BCUT2D eigenvalue weighted by Gasteiger charge is 2.13. The number of hydrogen-bond acceptors (Lipinski definition) is 1. The molecule has 1 aliphatic heterocycles. The lowest BCUT2D eigenvalue weighted by atomic mass is 9.95. The van der Waals surface area contributed by atoms with Crippen LogP contribution in [0.2, 0.25) is 0 Å². The molecule has 14 heavy (non-hydrogen) atoms. The van der Waals surface area contributed by atoms with E-state index in [0.717, 1.165) is 12.1 Å². The molecule has 0 saturated carbocycles. The molecule has 0 radical (unpaired) electrons. The van der Waals surface area contributed by atoms with Crippen LogP contribution in [0.15, 0.2) is 30.5 Å². The molecule has 0 fully saturated rings. The van der Waals surface area contributed by atoms with Crippen molar-refractivity contribution in [2.75, 3.05) is 0 Å². The van der Waals surface area contributed by atoms with Gasteiger partial charge >= 0.3 is 0 Å². The highest BCUT2D eigenvalue weighted by molar-refractivity contribution is 5.79. The summed E-state index contributed by atoms with van der Waals surface area (Å²) in [7, 11) is 0. The van der Waals surface area contributed by atoms with Gasteiger partial charge in [0.1, 0.15) is 0 Å². The minimum absolute atomic E-state index is 1.02. The molecule has 0 spiro atoms. The average molecular weight is 185 g/mol. The molecule has 0 unspecified atom stereocenters. The summed E-state index contributed by atoms with van der Waals surface area (Å²) < 4.78 is 0. The van der Waals surface area contributed by atoms with Gasteiger partial charge in [0.15, 0.2) is 0 Å². The second-order valence-corrected chi connectivity index (χ2v) is 3.67. The molecule has 1 N–H and O–H groups in total. The van der Waals surface area contributed by atoms with E-state index < -0.39 is 0 Å². The molecule has 1 nitrogen and oxygen atoms in total. The van der Waals surface area contributed by atoms with Gasteiger partial charge < -0.3 is 5.32 Å². The van der Waals surface area contributed by atoms with Gasteiger partial charge in [0.05, 0.1) is 0 Å². The van der Waals surface area contributed by atoms with Gasteiger partial charge in [-0.1, -0.05) is 31.7 Å². The average Bonchev–Trinajstić information content (AvgIpc) is 2.17. The van der Waals surface area contributed by atoms with Crippen molar-refractivity contribution in [3.05, 3.63) is 47.2 Å². The Hall–Kier alpha value is -1.50. The van der Waals surface area contributed by atoms with E-state index in [0.29, 0.717) is 0 Å². The molecular weight excluding hydrogens is 170 g/mol. The Kier molecular flexibility index (Phi) is 2.16. The Morgan fingerprint density at radius 3 is 2.86 bits per heavy atom. The third-order valence-corrected chi connectivity index (χ3v) is 2.63. The summed E-state index contributed by atoms with van der Waals surface area (Å²) in [6.07, 6.45) is 3.23. The molecule has 1 aliphatic rings. The highest BCUT2D eigenvalue weighted by Crippen LogP contribution is 2.27. The number of allylic oxidation sites excluding steroid dienone is 1. The van der Waals surface area contributed by atoms with E-state index in [4.69, 9.17) is 0 Å². The number of rotatable bonds is 1. The van der Waals surface area contributed by atoms with E-state index in [2.05, 4.69) is 50.0 Å². The summed E-state index contributed by atoms with van der Waals surface area (Å²) in [5.41, 5.74) is 6.09. The number of hydrogen-bond donors (Lipinski definition) is 1. The summed E-state index contributed by atoms with van der Waals surface area (Å²) in [6, 6.07) is 6.36. The van der Waals surface area contributed by atoms with Gasteiger partial charge in [0, 0.05) is 17.0 Å². The smallest absolute Gasteiger partial charge is 0.0391 e. The third kappa shape index (κ3) is 1.35. The largest absolute Gasteiger partial charge is 0.359 e. The SMILES string of the molecule is C=C1NC(CC)=Cc2cccc(C)c21. The zero-order chi connectivity index (χ0) is 10.1. The fraction of sp³-hybridized carbons (Fsp3) is 0.231.